The molecule has 166 valence electrons. The topological polar surface area (TPSA) is 93.4 Å². The van der Waals surface area contributed by atoms with Gasteiger partial charge in [-0.1, -0.05) is 42.0 Å². The van der Waals surface area contributed by atoms with Crippen molar-refractivity contribution in [2.24, 2.45) is 0 Å². The van der Waals surface area contributed by atoms with Crippen molar-refractivity contribution in [3.8, 4) is 11.4 Å². The van der Waals surface area contributed by atoms with E-state index in [4.69, 9.17) is 4.74 Å². The number of nitrogens with one attached hydrogen (secondary N) is 1. The second-order valence-corrected chi connectivity index (χ2v) is 7.94. The monoisotopic (exact) mass is 437 g/mol. The molecule has 1 unspecified atom stereocenters. The molecule has 8 heteroatoms. The van der Waals surface area contributed by atoms with E-state index in [1.54, 1.807) is 24.3 Å². The number of ether oxygens (including phenoxy) is 1. The largest absolute Gasteiger partial charge is 0.492 e. The average Bonchev–Trinajstić information content (AvgIpc) is 3.52. The van der Waals surface area contributed by atoms with Gasteiger partial charge in [0.15, 0.2) is 11.4 Å². The number of rotatable bonds is 8. The lowest BCUT2D eigenvalue weighted by Crippen LogP contribution is -2.31. The number of carboxylic acids is 1. The molecule has 0 bridgehead atoms. The summed E-state index contributed by atoms with van der Waals surface area (Å²) in [6.07, 6.45) is 1.49. The zero-order valence-electron chi connectivity index (χ0n) is 17.8. The summed E-state index contributed by atoms with van der Waals surface area (Å²) in [6.45, 7) is 1.89. The van der Waals surface area contributed by atoms with E-state index in [0.717, 1.165) is 18.4 Å². The fourth-order valence-electron chi connectivity index (χ4n) is 3.83. The van der Waals surface area contributed by atoms with Crippen LogP contribution in [0.5, 0.6) is 5.75 Å². The molecule has 4 rings (SSSR count). The SMILES string of the molecule is COc1c(C(=O)NC(CC(=O)O)c2cccc(C)c2)nn(-c2ccccc2F)c1C1CC1. The van der Waals surface area contributed by atoms with Gasteiger partial charge in [-0.15, -0.1) is 0 Å². The van der Waals surface area contributed by atoms with Crippen LogP contribution in [-0.2, 0) is 4.79 Å². The van der Waals surface area contributed by atoms with Crippen LogP contribution in [0.25, 0.3) is 5.69 Å². The molecule has 7 nitrogen and oxygen atoms in total. The first-order valence-electron chi connectivity index (χ1n) is 10.4. The van der Waals surface area contributed by atoms with Crippen LogP contribution < -0.4 is 10.1 Å². The highest BCUT2D eigenvalue weighted by molar-refractivity contribution is 5.96. The Labute approximate surface area is 184 Å². The van der Waals surface area contributed by atoms with Gasteiger partial charge in [0, 0.05) is 5.92 Å². The van der Waals surface area contributed by atoms with Gasteiger partial charge in [-0.3, -0.25) is 9.59 Å². The lowest BCUT2D eigenvalue weighted by molar-refractivity contribution is -0.137. The van der Waals surface area contributed by atoms with Gasteiger partial charge in [-0.2, -0.15) is 5.10 Å². The molecule has 1 heterocycles. The standard InChI is InChI=1S/C24H24FN3O4/c1-14-6-5-7-16(12-14)18(13-20(29)30)26-24(31)21-23(32-2)22(15-10-11-15)28(27-21)19-9-4-3-8-17(19)25/h3-9,12,15,18H,10-11,13H2,1-2H3,(H,26,31)(H,29,30). The molecule has 2 N–H and O–H groups in total. The van der Waals surface area contributed by atoms with Crippen molar-refractivity contribution in [2.75, 3.05) is 7.11 Å². The molecule has 0 spiro atoms. The van der Waals surface area contributed by atoms with Gasteiger partial charge in [-0.05, 0) is 37.5 Å². The maximum Gasteiger partial charge on any atom is 0.305 e. The molecular formula is C24H24FN3O4. The molecule has 1 saturated carbocycles. The quantitative estimate of drug-likeness (QED) is 0.552. The molecule has 1 aliphatic rings. The predicted octanol–water partition coefficient (Wildman–Crippen LogP) is 4.15. The zero-order chi connectivity index (χ0) is 22.8. The third-order valence-corrected chi connectivity index (χ3v) is 5.47. The molecule has 32 heavy (non-hydrogen) atoms. The molecule has 0 radical (unpaired) electrons. The van der Waals surface area contributed by atoms with Crippen molar-refractivity contribution in [3.63, 3.8) is 0 Å². The van der Waals surface area contributed by atoms with E-state index >= 15 is 0 Å². The van der Waals surface area contributed by atoms with E-state index in [0.29, 0.717) is 11.3 Å². The van der Waals surface area contributed by atoms with Crippen LogP contribution in [0.1, 0.15) is 58.5 Å². The number of benzene rings is 2. The Morgan fingerprint density at radius 3 is 2.62 bits per heavy atom. The zero-order valence-corrected chi connectivity index (χ0v) is 17.8. The van der Waals surface area contributed by atoms with E-state index in [-0.39, 0.29) is 29.5 Å². The van der Waals surface area contributed by atoms with Gasteiger partial charge >= 0.3 is 5.97 Å². The summed E-state index contributed by atoms with van der Waals surface area (Å²) in [5, 5.41) is 16.6. The molecule has 2 aromatic carbocycles. The molecule has 0 saturated heterocycles. The minimum Gasteiger partial charge on any atom is -0.492 e. The van der Waals surface area contributed by atoms with E-state index < -0.39 is 23.7 Å². The number of carbonyl (C=O) groups is 2. The van der Waals surface area contributed by atoms with Crippen LogP contribution >= 0.6 is 0 Å². The molecule has 1 atom stereocenters. The van der Waals surface area contributed by atoms with Crippen LogP contribution in [0, 0.1) is 12.7 Å². The number of carboxylic acid groups (broad SMARTS) is 1. The van der Waals surface area contributed by atoms with Crippen molar-refractivity contribution in [2.45, 2.75) is 38.1 Å². The maximum absolute atomic E-state index is 14.5. The number of halogens is 1. The number of aliphatic carboxylic acids is 1. The second kappa shape index (κ2) is 8.82. The number of aromatic nitrogens is 2. The number of methoxy groups -OCH3 is 1. The summed E-state index contributed by atoms with van der Waals surface area (Å²) < 4.78 is 21.5. The first-order valence-corrected chi connectivity index (χ1v) is 10.4. The molecule has 1 amide bonds. The number of para-hydroxylation sites is 1. The molecule has 1 fully saturated rings. The summed E-state index contributed by atoms with van der Waals surface area (Å²) in [5.41, 5.74) is 2.50. The van der Waals surface area contributed by atoms with Crippen molar-refractivity contribution in [1.29, 1.82) is 0 Å². The summed E-state index contributed by atoms with van der Waals surface area (Å²) >= 11 is 0. The number of aryl methyl sites for hydroxylation is 1. The Balaban J connectivity index is 1.73. The average molecular weight is 437 g/mol. The first kappa shape index (κ1) is 21.5. The van der Waals surface area contributed by atoms with Gasteiger partial charge in [-0.25, -0.2) is 9.07 Å². The van der Waals surface area contributed by atoms with Gasteiger partial charge in [0.05, 0.1) is 25.3 Å². The summed E-state index contributed by atoms with van der Waals surface area (Å²) in [6, 6.07) is 12.8. The van der Waals surface area contributed by atoms with Crippen LogP contribution in [0.2, 0.25) is 0 Å². The molecule has 1 aromatic heterocycles. The van der Waals surface area contributed by atoms with Gasteiger partial charge < -0.3 is 15.2 Å². The Hall–Kier alpha value is -3.68. The Bertz CT molecular complexity index is 1170. The van der Waals surface area contributed by atoms with Crippen LogP contribution in [-0.4, -0.2) is 33.9 Å². The minimum absolute atomic E-state index is 0.000643. The highest BCUT2D eigenvalue weighted by Gasteiger charge is 2.36. The number of nitrogens with zero attached hydrogens (tertiary/aromatic N) is 2. The van der Waals surface area contributed by atoms with Crippen LogP contribution in [0.4, 0.5) is 4.39 Å². The van der Waals surface area contributed by atoms with Gasteiger partial charge in [0.2, 0.25) is 0 Å². The van der Waals surface area contributed by atoms with Crippen molar-refractivity contribution in [1.82, 2.24) is 15.1 Å². The summed E-state index contributed by atoms with van der Waals surface area (Å²) in [5.74, 6) is -1.68. The van der Waals surface area contributed by atoms with E-state index in [1.165, 1.54) is 17.9 Å². The van der Waals surface area contributed by atoms with E-state index in [1.807, 2.05) is 25.1 Å². The van der Waals surface area contributed by atoms with Crippen LogP contribution in [0.3, 0.4) is 0 Å². The third-order valence-electron chi connectivity index (χ3n) is 5.47. The lowest BCUT2D eigenvalue weighted by atomic mass is 10.0. The number of carbonyl (C=O) groups excluding carboxylic acids is 1. The third kappa shape index (κ3) is 4.34. The maximum atomic E-state index is 14.5. The number of amides is 1. The number of hydrogen-bond acceptors (Lipinski definition) is 4. The van der Waals surface area contributed by atoms with Crippen molar-refractivity contribution >= 4 is 11.9 Å². The number of hydrogen-bond donors (Lipinski definition) is 2. The molecule has 3 aromatic rings. The van der Waals surface area contributed by atoms with Gasteiger partial charge in [0.25, 0.3) is 5.91 Å². The Morgan fingerprint density at radius 1 is 1.25 bits per heavy atom. The summed E-state index contributed by atoms with van der Waals surface area (Å²) in [7, 11) is 1.45. The normalized spacial score (nSPS) is 14.1. The minimum atomic E-state index is -1.04. The van der Waals surface area contributed by atoms with E-state index in [9.17, 15) is 19.1 Å². The molecule has 1 aliphatic carbocycles. The smallest absolute Gasteiger partial charge is 0.305 e. The van der Waals surface area contributed by atoms with Crippen molar-refractivity contribution < 1.29 is 23.8 Å². The van der Waals surface area contributed by atoms with E-state index in [2.05, 4.69) is 10.4 Å². The lowest BCUT2D eigenvalue weighted by Gasteiger charge is -2.17. The second-order valence-electron chi connectivity index (χ2n) is 7.94. The summed E-state index contributed by atoms with van der Waals surface area (Å²) in [4.78, 5) is 24.7. The van der Waals surface area contributed by atoms with Gasteiger partial charge in [0.1, 0.15) is 11.5 Å². The predicted molar refractivity (Wildman–Crippen MR) is 116 cm³/mol. The Kier molecular flexibility index (Phi) is 5.94. The Morgan fingerprint density at radius 2 is 2.00 bits per heavy atom. The fraction of sp³-hybridized carbons (Fsp3) is 0.292. The molecule has 0 aliphatic heterocycles. The highest BCUT2D eigenvalue weighted by atomic mass is 19.1. The van der Waals surface area contributed by atoms with Crippen LogP contribution in [0.15, 0.2) is 48.5 Å². The fourth-order valence-corrected chi connectivity index (χ4v) is 3.83. The first-order chi connectivity index (χ1) is 15.4. The van der Waals surface area contributed by atoms with Crippen molar-refractivity contribution in [3.05, 3.63) is 76.9 Å². The molecular weight excluding hydrogens is 413 g/mol. The highest BCUT2D eigenvalue weighted by Crippen LogP contribution is 2.46.